The van der Waals surface area contributed by atoms with Gasteiger partial charge in [0.2, 0.25) is 0 Å². The predicted octanol–water partition coefficient (Wildman–Crippen LogP) is 4.38. The zero-order chi connectivity index (χ0) is 39.9. The van der Waals surface area contributed by atoms with Gasteiger partial charge in [0.15, 0.2) is 0 Å². The Morgan fingerprint density at radius 3 is 0.500 bits per heavy atom. The van der Waals surface area contributed by atoms with Crippen molar-refractivity contribution in [3.63, 3.8) is 0 Å². The largest absolute Gasteiger partial charge is 3.00 e. The van der Waals surface area contributed by atoms with Crippen molar-refractivity contribution in [2.45, 2.75) is 198 Å². The summed E-state index contributed by atoms with van der Waals surface area (Å²) in [5, 5.41) is 51.6. The average Bonchev–Trinajstić information content (AvgIpc) is 3.07. The molecule has 0 aromatic heterocycles. The van der Waals surface area contributed by atoms with Gasteiger partial charge in [-0.15, -0.1) is 0 Å². The van der Waals surface area contributed by atoms with E-state index in [9.17, 15) is 49.5 Å². The van der Waals surface area contributed by atoms with Crippen LogP contribution in [0.2, 0.25) is 0 Å². The van der Waals surface area contributed by atoms with Gasteiger partial charge in [-0.2, -0.15) is 0 Å². The van der Waals surface area contributed by atoms with E-state index < -0.39 is 29.8 Å². The number of carboxylic acids is 5. The molecule has 0 amide bonds. The minimum absolute atomic E-state index is 0. The third-order valence-corrected chi connectivity index (χ3v) is 8.66. The van der Waals surface area contributed by atoms with E-state index >= 15 is 0 Å². The van der Waals surface area contributed by atoms with E-state index in [0.717, 1.165) is 96.3 Å². The Bertz CT molecular complexity index is 662. The maximum atomic E-state index is 10.3. The zero-order valence-corrected chi connectivity index (χ0v) is 37.9. The van der Waals surface area contributed by atoms with Crippen molar-refractivity contribution in [2.75, 3.05) is 0 Å². The van der Waals surface area contributed by atoms with E-state index in [1.807, 2.05) is 34.6 Å². The number of carbonyl (C=O) groups excluding carboxylic acids is 5. The summed E-state index contributed by atoms with van der Waals surface area (Å²) in [5.41, 5.74) is 0. The van der Waals surface area contributed by atoms with Crippen LogP contribution in [0.25, 0.3) is 0 Å². The second kappa shape index (κ2) is 49.0. The van der Waals surface area contributed by atoms with Gasteiger partial charge in [0, 0.05) is 29.8 Å². The van der Waals surface area contributed by atoms with Gasteiger partial charge in [0.1, 0.15) is 0 Å². The molecule has 0 heterocycles. The molecule has 0 rings (SSSR count). The topological polar surface area (TPSA) is 201 Å². The minimum atomic E-state index is -0.893. The molecule has 0 bridgehead atoms. The molecule has 0 spiro atoms. The molecule has 0 aromatic rings. The van der Waals surface area contributed by atoms with E-state index in [1.165, 1.54) is 0 Å². The Hall–Kier alpha value is -1.96. The molecule has 5 atom stereocenters. The van der Waals surface area contributed by atoms with Crippen molar-refractivity contribution in [3.05, 3.63) is 0 Å². The maximum Gasteiger partial charge on any atom is 3.00 e. The molecule has 0 fully saturated rings. The van der Waals surface area contributed by atoms with Crippen LogP contribution in [0.15, 0.2) is 0 Å². The molecule has 0 saturated carbocycles. The number of hydrogen-bond donors (Lipinski definition) is 0. The molecule has 0 radical (unpaired) electrons. The third-order valence-electron chi connectivity index (χ3n) is 8.66. The van der Waals surface area contributed by atoms with E-state index in [1.54, 1.807) is 0 Å². The van der Waals surface area contributed by atoms with E-state index in [4.69, 9.17) is 0 Å². The number of unbranched alkanes of at least 4 members (excludes halogenated alkanes) is 5. The summed E-state index contributed by atoms with van der Waals surface area (Å²) in [6.07, 6.45) is 17.6. The molecule has 0 aliphatic rings. The average molecular weight is 792 g/mol. The summed E-state index contributed by atoms with van der Waals surface area (Å²) >= 11 is 0. The molecule has 300 valence electrons. The smallest absolute Gasteiger partial charge is 0.550 e. The van der Waals surface area contributed by atoms with Gasteiger partial charge in [-0.25, -0.2) is 0 Å². The molecule has 12 heteroatoms. The van der Waals surface area contributed by atoms with Crippen molar-refractivity contribution in [3.8, 4) is 0 Å². The second-order valence-corrected chi connectivity index (χ2v) is 12.8. The Morgan fingerprint density at radius 1 is 0.327 bits per heavy atom. The molecular formula is C40H75BO10Zn. The van der Waals surface area contributed by atoms with E-state index in [2.05, 4.69) is 34.6 Å². The summed E-state index contributed by atoms with van der Waals surface area (Å²) in [6.45, 7) is 19.7. The molecule has 52 heavy (non-hydrogen) atoms. The van der Waals surface area contributed by atoms with Crippen LogP contribution in [0.1, 0.15) is 198 Å². The number of carbonyl (C=O) groups is 5. The van der Waals surface area contributed by atoms with Crippen molar-refractivity contribution in [1.82, 2.24) is 0 Å². The van der Waals surface area contributed by atoms with Gasteiger partial charge in [-0.05, 0) is 93.8 Å². The Labute approximate surface area is 333 Å². The van der Waals surface area contributed by atoms with E-state index in [0.29, 0.717) is 32.1 Å². The summed E-state index contributed by atoms with van der Waals surface area (Å²) in [7, 11) is 0. The van der Waals surface area contributed by atoms with Gasteiger partial charge in [-0.1, -0.05) is 133 Å². The monoisotopic (exact) mass is 790 g/mol. The predicted molar refractivity (Wildman–Crippen MR) is 197 cm³/mol. The summed E-state index contributed by atoms with van der Waals surface area (Å²) in [5.74, 6) is -5.57. The van der Waals surface area contributed by atoms with E-state index in [-0.39, 0.29) is 57.5 Å². The van der Waals surface area contributed by atoms with Crippen LogP contribution < -0.4 is 25.5 Å². The molecule has 0 saturated heterocycles. The number of rotatable bonds is 25. The summed E-state index contributed by atoms with van der Waals surface area (Å²) in [6, 6.07) is 0. The van der Waals surface area contributed by atoms with Crippen molar-refractivity contribution in [2.24, 2.45) is 29.6 Å². The van der Waals surface area contributed by atoms with Crippen LogP contribution in [-0.2, 0) is 43.5 Å². The molecular weight excluding hydrogens is 717 g/mol. The fourth-order valence-corrected chi connectivity index (χ4v) is 4.70. The molecule has 0 N–H and O–H groups in total. The van der Waals surface area contributed by atoms with Gasteiger partial charge in [-0.3, -0.25) is 0 Å². The number of hydrogen-bond acceptors (Lipinski definition) is 10. The van der Waals surface area contributed by atoms with Crippen LogP contribution >= 0.6 is 0 Å². The molecule has 10 nitrogen and oxygen atoms in total. The van der Waals surface area contributed by atoms with Crippen molar-refractivity contribution < 1.29 is 69.0 Å². The van der Waals surface area contributed by atoms with Gasteiger partial charge >= 0.3 is 27.9 Å². The Morgan fingerprint density at radius 2 is 0.442 bits per heavy atom. The zero-order valence-electron chi connectivity index (χ0n) is 34.9. The number of aliphatic carboxylic acids is 5. The molecule has 0 aromatic carbocycles. The maximum absolute atomic E-state index is 10.3. The molecule has 5 unspecified atom stereocenters. The first-order valence-electron chi connectivity index (χ1n) is 19.6. The minimum Gasteiger partial charge on any atom is -0.550 e. The quantitative estimate of drug-likeness (QED) is 0.120. The van der Waals surface area contributed by atoms with Crippen LogP contribution in [0.5, 0.6) is 0 Å². The van der Waals surface area contributed by atoms with Crippen molar-refractivity contribution in [1.29, 1.82) is 0 Å². The first-order valence-corrected chi connectivity index (χ1v) is 19.6. The fourth-order valence-electron chi connectivity index (χ4n) is 4.70. The standard InChI is InChI=1S/5C8H16O2.B.Zn/c5*1-3-5-6-7(4-2)8(9)10;;/h5*7H,3-6H2,1-2H3,(H,9,10);;/q;;;;;+3;+2/p-5. The first kappa shape index (κ1) is 65.0. The normalized spacial score (nSPS) is 12.5. The third kappa shape index (κ3) is 46.1. The SMILES string of the molecule is CCCCC(CC)C(=O)[O-].CCCCC(CC)C(=O)[O-].CCCCC(CC)C(=O)[O-].CCCCC(CC)C(=O)[O-].CCCCC(CC)C(=O)[O-].[B+3].[Zn+2]. The van der Waals surface area contributed by atoms with Crippen LogP contribution in [-0.4, -0.2) is 38.3 Å². The van der Waals surface area contributed by atoms with Gasteiger partial charge in [0.25, 0.3) is 0 Å². The van der Waals surface area contributed by atoms with Gasteiger partial charge < -0.3 is 49.5 Å². The summed E-state index contributed by atoms with van der Waals surface area (Å²) < 4.78 is 0. The van der Waals surface area contributed by atoms with Crippen LogP contribution in [0, 0.1) is 29.6 Å². The van der Waals surface area contributed by atoms with Crippen LogP contribution in [0.3, 0.4) is 0 Å². The van der Waals surface area contributed by atoms with Gasteiger partial charge in [0.05, 0.1) is 0 Å². The number of carboxylic acid groups (broad SMARTS) is 5. The van der Waals surface area contributed by atoms with Crippen molar-refractivity contribution >= 4 is 38.3 Å². The second-order valence-electron chi connectivity index (χ2n) is 12.8. The molecule has 0 aliphatic carbocycles. The fraction of sp³-hybridized carbons (Fsp3) is 0.875. The molecule has 0 aliphatic heterocycles. The Kier molecular flexibility index (Phi) is 61.3. The Balaban J connectivity index is -0.0000000964. The van der Waals surface area contributed by atoms with Crippen LogP contribution in [0.4, 0.5) is 0 Å². The first-order chi connectivity index (χ1) is 23.6. The summed E-state index contributed by atoms with van der Waals surface area (Å²) in [4.78, 5) is 51.6.